The van der Waals surface area contributed by atoms with Crippen molar-refractivity contribution in [2.75, 3.05) is 7.11 Å². The molecule has 0 radical (unpaired) electrons. The van der Waals surface area contributed by atoms with Gasteiger partial charge in [-0.25, -0.2) is 4.39 Å². The maximum Gasteiger partial charge on any atom is 0.134 e. The van der Waals surface area contributed by atoms with Crippen molar-refractivity contribution in [1.29, 1.82) is 0 Å². The predicted octanol–water partition coefficient (Wildman–Crippen LogP) is 3.75. The molecule has 2 aromatic carbocycles. The summed E-state index contributed by atoms with van der Waals surface area (Å²) < 4.78 is 19.4. The van der Waals surface area contributed by atoms with Gasteiger partial charge < -0.3 is 10.1 Å². The Morgan fingerprint density at radius 3 is 2.75 bits per heavy atom. The maximum atomic E-state index is 14.1. The number of ether oxygens (including phenoxy) is 1. The summed E-state index contributed by atoms with van der Waals surface area (Å²) in [5.41, 5.74) is 2.55. The van der Waals surface area contributed by atoms with Gasteiger partial charge >= 0.3 is 0 Å². The molecular formula is C17H18FNO. The second-order valence-corrected chi connectivity index (χ2v) is 5.17. The number of methoxy groups -OCH3 is 1. The average Bonchev–Trinajstić information content (AvgIpc) is 3.29. The van der Waals surface area contributed by atoms with Gasteiger partial charge in [-0.3, -0.25) is 0 Å². The molecule has 2 aromatic rings. The molecule has 20 heavy (non-hydrogen) atoms. The van der Waals surface area contributed by atoms with Gasteiger partial charge in [0, 0.05) is 12.6 Å². The van der Waals surface area contributed by atoms with Crippen LogP contribution in [0, 0.1) is 5.82 Å². The lowest BCUT2D eigenvalue weighted by molar-refractivity contribution is 0.413. The predicted molar refractivity (Wildman–Crippen MR) is 78.2 cm³/mol. The van der Waals surface area contributed by atoms with Gasteiger partial charge in [0.15, 0.2) is 0 Å². The van der Waals surface area contributed by atoms with Crippen LogP contribution in [0.25, 0.3) is 11.1 Å². The second-order valence-electron chi connectivity index (χ2n) is 5.17. The lowest BCUT2D eigenvalue weighted by atomic mass is 10.0. The standard InChI is InChI=1S/C17H18FNO/c1-20-16-7-3-6-15(18)17(16)13-5-2-4-12(10-13)11-19-14-8-9-14/h2-7,10,14,19H,8-9,11H2,1H3. The van der Waals surface area contributed by atoms with Crippen LogP contribution < -0.4 is 10.1 Å². The first-order valence-corrected chi connectivity index (χ1v) is 6.93. The number of rotatable bonds is 5. The highest BCUT2D eigenvalue weighted by Crippen LogP contribution is 2.32. The molecule has 1 N–H and O–H groups in total. The van der Waals surface area contributed by atoms with Crippen molar-refractivity contribution in [1.82, 2.24) is 5.32 Å². The number of nitrogens with one attached hydrogen (secondary N) is 1. The van der Waals surface area contributed by atoms with E-state index >= 15 is 0 Å². The summed E-state index contributed by atoms with van der Waals surface area (Å²) in [6.45, 7) is 0.829. The Hall–Kier alpha value is -1.87. The SMILES string of the molecule is COc1cccc(F)c1-c1cccc(CNC2CC2)c1. The molecule has 1 aliphatic carbocycles. The molecule has 3 heteroatoms. The van der Waals surface area contributed by atoms with Crippen LogP contribution in [0.1, 0.15) is 18.4 Å². The van der Waals surface area contributed by atoms with Crippen molar-refractivity contribution >= 4 is 0 Å². The summed E-state index contributed by atoms with van der Waals surface area (Å²) in [7, 11) is 1.57. The monoisotopic (exact) mass is 271 g/mol. The van der Waals surface area contributed by atoms with Gasteiger partial charge in [-0.05, 0) is 42.2 Å². The normalized spacial score (nSPS) is 14.3. The van der Waals surface area contributed by atoms with Gasteiger partial charge in [-0.1, -0.05) is 24.3 Å². The van der Waals surface area contributed by atoms with Gasteiger partial charge in [0.05, 0.1) is 12.7 Å². The summed E-state index contributed by atoms with van der Waals surface area (Å²) >= 11 is 0. The van der Waals surface area contributed by atoms with Gasteiger partial charge in [0.25, 0.3) is 0 Å². The molecule has 0 amide bonds. The zero-order valence-corrected chi connectivity index (χ0v) is 11.5. The molecular weight excluding hydrogens is 253 g/mol. The third-order valence-corrected chi connectivity index (χ3v) is 3.58. The minimum Gasteiger partial charge on any atom is -0.496 e. The van der Waals surface area contributed by atoms with Crippen molar-refractivity contribution < 1.29 is 9.13 Å². The van der Waals surface area contributed by atoms with E-state index in [9.17, 15) is 4.39 Å². The molecule has 0 aromatic heterocycles. The number of hydrogen-bond donors (Lipinski definition) is 1. The van der Waals surface area contributed by atoms with E-state index in [1.54, 1.807) is 19.2 Å². The van der Waals surface area contributed by atoms with Crippen LogP contribution in [0.2, 0.25) is 0 Å². The Morgan fingerprint density at radius 2 is 2.00 bits per heavy atom. The number of halogens is 1. The maximum absolute atomic E-state index is 14.1. The molecule has 1 saturated carbocycles. The van der Waals surface area contributed by atoms with Crippen molar-refractivity contribution in [3.8, 4) is 16.9 Å². The van der Waals surface area contributed by atoms with Crippen molar-refractivity contribution in [2.24, 2.45) is 0 Å². The zero-order chi connectivity index (χ0) is 13.9. The van der Waals surface area contributed by atoms with E-state index in [0.29, 0.717) is 17.4 Å². The van der Waals surface area contributed by atoms with Crippen molar-refractivity contribution in [2.45, 2.75) is 25.4 Å². The van der Waals surface area contributed by atoms with Gasteiger partial charge in [0.2, 0.25) is 0 Å². The highest BCUT2D eigenvalue weighted by atomic mass is 19.1. The molecule has 0 heterocycles. The lowest BCUT2D eigenvalue weighted by Gasteiger charge is -2.11. The molecule has 3 rings (SSSR count). The molecule has 1 fully saturated rings. The van der Waals surface area contributed by atoms with Crippen LogP contribution in [-0.2, 0) is 6.54 Å². The first-order chi connectivity index (χ1) is 9.78. The lowest BCUT2D eigenvalue weighted by Crippen LogP contribution is -2.15. The molecule has 2 nitrogen and oxygen atoms in total. The molecule has 0 spiro atoms. The molecule has 0 aliphatic heterocycles. The fourth-order valence-electron chi connectivity index (χ4n) is 2.34. The fourth-order valence-corrected chi connectivity index (χ4v) is 2.34. The summed E-state index contributed by atoms with van der Waals surface area (Å²) in [5, 5.41) is 3.47. The van der Waals surface area contributed by atoms with Crippen molar-refractivity contribution in [3.05, 3.63) is 53.8 Å². The van der Waals surface area contributed by atoms with E-state index < -0.39 is 0 Å². The van der Waals surface area contributed by atoms with Gasteiger partial charge in [0.1, 0.15) is 11.6 Å². The Balaban J connectivity index is 1.91. The van der Waals surface area contributed by atoms with Gasteiger partial charge in [-0.15, -0.1) is 0 Å². The van der Waals surface area contributed by atoms with Crippen LogP contribution in [0.5, 0.6) is 5.75 Å². The Labute approximate surface area is 118 Å². The third kappa shape index (κ3) is 2.83. The van der Waals surface area contributed by atoms with E-state index in [1.165, 1.54) is 24.5 Å². The molecule has 104 valence electrons. The summed E-state index contributed by atoms with van der Waals surface area (Å²) in [5.74, 6) is 0.314. The van der Waals surface area contributed by atoms with Crippen LogP contribution in [0.15, 0.2) is 42.5 Å². The summed E-state index contributed by atoms with van der Waals surface area (Å²) in [6, 6.07) is 13.5. The van der Waals surface area contributed by atoms with E-state index in [0.717, 1.165) is 12.1 Å². The summed E-state index contributed by atoms with van der Waals surface area (Å²) in [4.78, 5) is 0. The average molecular weight is 271 g/mol. The Morgan fingerprint density at radius 1 is 1.20 bits per heavy atom. The smallest absolute Gasteiger partial charge is 0.134 e. The van der Waals surface area contributed by atoms with Crippen LogP contribution in [0.3, 0.4) is 0 Å². The summed E-state index contributed by atoms with van der Waals surface area (Å²) in [6.07, 6.45) is 2.53. The first-order valence-electron chi connectivity index (χ1n) is 6.93. The largest absolute Gasteiger partial charge is 0.496 e. The Kier molecular flexibility index (Phi) is 3.70. The van der Waals surface area contributed by atoms with Crippen molar-refractivity contribution in [3.63, 3.8) is 0 Å². The topological polar surface area (TPSA) is 21.3 Å². The number of hydrogen-bond acceptors (Lipinski definition) is 2. The highest BCUT2D eigenvalue weighted by Gasteiger charge is 2.20. The Bertz CT molecular complexity index is 608. The van der Waals surface area contributed by atoms with Crippen LogP contribution >= 0.6 is 0 Å². The van der Waals surface area contributed by atoms with Crippen LogP contribution in [0.4, 0.5) is 4.39 Å². The fraction of sp³-hybridized carbons (Fsp3) is 0.294. The van der Waals surface area contributed by atoms with E-state index in [4.69, 9.17) is 4.74 Å². The molecule has 1 aliphatic rings. The highest BCUT2D eigenvalue weighted by molar-refractivity contribution is 5.71. The quantitative estimate of drug-likeness (QED) is 0.894. The molecule has 0 saturated heterocycles. The second kappa shape index (κ2) is 5.63. The molecule has 0 unspecified atom stereocenters. The molecule has 0 bridgehead atoms. The van der Waals surface area contributed by atoms with E-state index in [2.05, 4.69) is 11.4 Å². The minimum absolute atomic E-state index is 0.253. The minimum atomic E-state index is -0.253. The van der Waals surface area contributed by atoms with Gasteiger partial charge in [-0.2, -0.15) is 0 Å². The number of benzene rings is 2. The first kappa shape index (κ1) is 13.1. The van der Waals surface area contributed by atoms with Crippen LogP contribution in [-0.4, -0.2) is 13.2 Å². The third-order valence-electron chi connectivity index (χ3n) is 3.58. The van der Waals surface area contributed by atoms with E-state index in [-0.39, 0.29) is 5.82 Å². The zero-order valence-electron chi connectivity index (χ0n) is 11.5. The molecule has 0 atom stereocenters. The van der Waals surface area contributed by atoms with E-state index in [1.807, 2.05) is 18.2 Å².